The topological polar surface area (TPSA) is 128 Å². The van der Waals surface area contributed by atoms with Gasteiger partial charge in [-0.1, -0.05) is 11.2 Å². The molecule has 0 saturated carbocycles. The number of halogens is 1. The van der Waals surface area contributed by atoms with Gasteiger partial charge in [0.15, 0.2) is 0 Å². The zero-order valence-corrected chi connectivity index (χ0v) is 20.9. The number of likely N-dealkylation sites (tertiary alicyclic amines) is 1. The first-order chi connectivity index (χ1) is 17.0. The average Bonchev–Trinajstić information content (AvgIpc) is 3.33. The Labute approximate surface area is 206 Å². The van der Waals surface area contributed by atoms with Crippen LogP contribution in [0.2, 0.25) is 0 Å². The molecule has 188 valence electrons. The Morgan fingerprint density at radius 3 is 2.53 bits per heavy atom. The maximum Gasteiger partial charge on any atom is 0.254 e. The number of hydrogen-bond donors (Lipinski definition) is 1. The molecule has 1 atom stereocenters. The van der Waals surface area contributed by atoms with Crippen molar-refractivity contribution >= 4 is 43.6 Å². The number of aromatic nitrogens is 2. The van der Waals surface area contributed by atoms with Crippen molar-refractivity contribution in [1.29, 1.82) is 0 Å². The third-order valence-corrected chi connectivity index (χ3v) is 7.68. The van der Waals surface area contributed by atoms with Crippen molar-refractivity contribution in [2.75, 3.05) is 19.3 Å². The number of piperidine rings is 1. The highest BCUT2D eigenvalue weighted by Crippen LogP contribution is 2.38. The summed E-state index contributed by atoms with van der Waals surface area (Å²) in [5.74, 6) is -0.647. The van der Waals surface area contributed by atoms with Crippen LogP contribution in [0.1, 0.15) is 45.0 Å². The normalized spacial score (nSPS) is 16.7. The van der Waals surface area contributed by atoms with Crippen LogP contribution in [-0.2, 0) is 10.0 Å². The molecule has 1 aliphatic heterocycles. The SMILES string of the molecule is Cc1noc(C)c1-c1cc(C(N)=O)c2c(c1)c1ccc(C(=O)N3CCCC(F)C3)cc1n2S(C)(=O)=O. The van der Waals surface area contributed by atoms with Crippen LogP contribution >= 0.6 is 0 Å². The molecule has 0 radical (unpaired) electrons. The molecule has 0 aliphatic carbocycles. The van der Waals surface area contributed by atoms with Gasteiger partial charge in [0.25, 0.3) is 11.8 Å². The van der Waals surface area contributed by atoms with Crippen molar-refractivity contribution in [3.63, 3.8) is 0 Å². The molecular weight excluding hydrogens is 487 g/mol. The standard InChI is InChI=1S/C25H25FN4O5S/c1-13-22(14(2)35-28-13)16-9-19-18-7-6-15(25(32)29-8-4-5-17(26)12-29)11-21(18)30(36(3,33)34)23(19)20(10-16)24(27)31/h6-7,9-11,17H,4-5,8,12H2,1-3H3,(H2,27,31). The van der Waals surface area contributed by atoms with E-state index in [-0.39, 0.29) is 34.6 Å². The summed E-state index contributed by atoms with van der Waals surface area (Å²) >= 11 is 0. The predicted molar refractivity (Wildman–Crippen MR) is 133 cm³/mol. The van der Waals surface area contributed by atoms with Gasteiger partial charge in [0.2, 0.25) is 10.0 Å². The second-order valence-corrected chi connectivity index (χ2v) is 11.1. The van der Waals surface area contributed by atoms with Crippen molar-refractivity contribution in [2.24, 2.45) is 5.73 Å². The van der Waals surface area contributed by atoms with E-state index in [9.17, 15) is 22.4 Å². The summed E-state index contributed by atoms with van der Waals surface area (Å²) in [4.78, 5) is 27.1. The van der Waals surface area contributed by atoms with Crippen molar-refractivity contribution in [1.82, 2.24) is 14.0 Å². The van der Waals surface area contributed by atoms with Gasteiger partial charge in [0, 0.05) is 28.4 Å². The first-order valence-corrected chi connectivity index (χ1v) is 13.3. The van der Waals surface area contributed by atoms with Gasteiger partial charge in [-0.25, -0.2) is 16.8 Å². The van der Waals surface area contributed by atoms with Crippen LogP contribution in [0, 0.1) is 13.8 Å². The van der Waals surface area contributed by atoms with E-state index < -0.39 is 22.1 Å². The first kappa shape index (κ1) is 24.0. The minimum Gasteiger partial charge on any atom is -0.366 e. The molecule has 2 aromatic carbocycles. The van der Waals surface area contributed by atoms with Gasteiger partial charge in [-0.2, -0.15) is 0 Å². The Kier molecular flexibility index (Phi) is 5.62. The van der Waals surface area contributed by atoms with Gasteiger partial charge >= 0.3 is 0 Å². The number of rotatable bonds is 4. The number of alkyl halides is 1. The molecule has 1 fully saturated rings. The number of primary amides is 1. The van der Waals surface area contributed by atoms with E-state index in [0.29, 0.717) is 52.7 Å². The summed E-state index contributed by atoms with van der Waals surface area (Å²) < 4.78 is 46.2. The fraction of sp³-hybridized carbons (Fsp3) is 0.320. The van der Waals surface area contributed by atoms with Crippen LogP contribution in [0.5, 0.6) is 0 Å². The molecule has 2 amide bonds. The average molecular weight is 513 g/mol. The van der Waals surface area contributed by atoms with Gasteiger partial charge in [-0.05, 0) is 56.5 Å². The lowest BCUT2D eigenvalue weighted by molar-refractivity contribution is 0.0636. The summed E-state index contributed by atoms with van der Waals surface area (Å²) in [5.41, 5.74) is 8.20. The number of carbonyl (C=O) groups excluding carboxylic acids is 2. The summed E-state index contributed by atoms with van der Waals surface area (Å²) in [7, 11) is -3.93. The predicted octanol–water partition coefficient (Wildman–Crippen LogP) is 3.55. The molecule has 1 unspecified atom stereocenters. The van der Waals surface area contributed by atoms with E-state index in [1.54, 1.807) is 32.0 Å². The van der Waals surface area contributed by atoms with E-state index in [0.717, 1.165) is 10.2 Å². The molecule has 0 spiro atoms. The first-order valence-electron chi connectivity index (χ1n) is 11.5. The summed E-state index contributed by atoms with van der Waals surface area (Å²) in [6.45, 7) is 3.93. The van der Waals surface area contributed by atoms with Crippen LogP contribution in [0.25, 0.3) is 32.9 Å². The largest absolute Gasteiger partial charge is 0.366 e. The number of benzene rings is 2. The molecule has 2 aromatic heterocycles. The minimum atomic E-state index is -3.93. The zero-order chi connectivity index (χ0) is 25.9. The molecule has 36 heavy (non-hydrogen) atoms. The van der Waals surface area contributed by atoms with E-state index in [1.807, 2.05) is 0 Å². The molecule has 5 rings (SSSR count). The highest BCUT2D eigenvalue weighted by Gasteiger charge is 2.28. The van der Waals surface area contributed by atoms with E-state index >= 15 is 0 Å². The van der Waals surface area contributed by atoms with E-state index in [2.05, 4.69) is 5.16 Å². The Bertz CT molecular complexity index is 1650. The van der Waals surface area contributed by atoms with Crippen LogP contribution < -0.4 is 5.73 Å². The lowest BCUT2D eigenvalue weighted by Gasteiger charge is -2.29. The highest BCUT2D eigenvalue weighted by atomic mass is 32.2. The fourth-order valence-corrected chi connectivity index (χ4v) is 6.14. The lowest BCUT2D eigenvalue weighted by atomic mass is 9.97. The zero-order valence-electron chi connectivity index (χ0n) is 20.0. The third-order valence-electron chi connectivity index (χ3n) is 6.64. The molecule has 2 N–H and O–H groups in total. The second-order valence-electron chi connectivity index (χ2n) is 9.23. The van der Waals surface area contributed by atoms with Crippen molar-refractivity contribution in [3.8, 4) is 11.1 Å². The number of aryl methyl sites for hydroxylation is 2. The third kappa shape index (κ3) is 3.83. The number of fused-ring (bicyclic) bond motifs is 3. The van der Waals surface area contributed by atoms with Crippen molar-refractivity contribution in [2.45, 2.75) is 32.9 Å². The summed E-state index contributed by atoms with van der Waals surface area (Å²) in [6, 6.07) is 7.99. The van der Waals surface area contributed by atoms with Gasteiger partial charge in [0.1, 0.15) is 11.9 Å². The molecule has 0 bridgehead atoms. The van der Waals surface area contributed by atoms with Gasteiger partial charge in [-0.15, -0.1) is 0 Å². The van der Waals surface area contributed by atoms with Crippen LogP contribution in [0.3, 0.4) is 0 Å². The molecule has 3 heterocycles. The highest BCUT2D eigenvalue weighted by molar-refractivity contribution is 7.89. The molecule has 11 heteroatoms. The molecule has 1 aliphatic rings. The Hall–Kier alpha value is -3.73. The Balaban J connectivity index is 1.81. The lowest BCUT2D eigenvalue weighted by Crippen LogP contribution is -2.40. The monoisotopic (exact) mass is 512 g/mol. The molecular formula is C25H25FN4O5S. The maximum atomic E-state index is 13.9. The van der Waals surface area contributed by atoms with Crippen molar-refractivity contribution in [3.05, 3.63) is 52.9 Å². The molecule has 1 saturated heterocycles. The van der Waals surface area contributed by atoms with E-state index in [1.165, 1.54) is 17.0 Å². The summed E-state index contributed by atoms with van der Waals surface area (Å²) in [5, 5.41) is 4.97. The minimum absolute atomic E-state index is 0.00143. The quantitative estimate of drug-likeness (QED) is 0.445. The van der Waals surface area contributed by atoms with Crippen LogP contribution in [0.15, 0.2) is 34.9 Å². The number of nitrogens with two attached hydrogens (primary N) is 1. The van der Waals surface area contributed by atoms with Gasteiger partial charge < -0.3 is 15.2 Å². The van der Waals surface area contributed by atoms with Gasteiger partial charge in [0.05, 0.1) is 35.1 Å². The number of carbonyl (C=O) groups is 2. The second kappa shape index (κ2) is 8.44. The molecule has 4 aromatic rings. The fourth-order valence-electron chi connectivity index (χ4n) is 5.10. The Morgan fingerprint density at radius 1 is 1.17 bits per heavy atom. The van der Waals surface area contributed by atoms with Crippen molar-refractivity contribution < 1.29 is 26.9 Å². The van der Waals surface area contributed by atoms with Crippen LogP contribution in [-0.4, -0.2) is 59.8 Å². The molecule has 9 nitrogen and oxygen atoms in total. The van der Waals surface area contributed by atoms with Crippen LogP contribution in [0.4, 0.5) is 4.39 Å². The Morgan fingerprint density at radius 2 is 1.92 bits per heavy atom. The number of hydrogen-bond acceptors (Lipinski definition) is 6. The number of amides is 2. The smallest absolute Gasteiger partial charge is 0.254 e. The number of nitrogens with zero attached hydrogens (tertiary/aromatic N) is 3. The summed E-state index contributed by atoms with van der Waals surface area (Å²) in [6.07, 6.45) is 0.903. The maximum absolute atomic E-state index is 13.9. The van der Waals surface area contributed by atoms with Gasteiger partial charge in [-0.3, -0.25) is 9.59 Å². The van der Waals surface area contributed by atoms with E-state index in [4.69, 9.17) is 10.3 Å².